The van der Waals surface area contributed by atoms with Gasteiger partial charge >= 0.3 is 0 Å². The van der Waals surface area contributed by atoms with Crippen LogP contribution in [-0.4, -0.2) is 36.4 Å². The van der Waals surface area contributed by atoms with Gasteiger partial charge < -0.3 is 9.73 Å². The van der Waals surface area contributed by atoms with Crippen LogP contribution in [0.25, 0.3) is 0 Å². The van der Waals surface area contributed by atoms with Gasteiger partial charge in [-0.2, -0.15) is 0 Å². The summed E-state index contributed by atoms with van der Waals surface area (Å²) in [5.74, 6) is 2.23. The van der Waals surface area contributed by atoms with Crippen molar-refractivity contribution in [1.29, 1.82) is 0 Å². The van der Waals surface area contributed by atoms with Gasteiger partial charge in [0.15, 0.2) is 10.3 Å². The van der Waals surface area contributed by atoms with Crippen LogP contribution in [0.15, 0.2) is 57.4 Å². The first-order chi connectivity index (χ1) is 16.4. The van der Waals surface area contributed by atoms with Gasteiger partial charge in [-0.1, -0.05) is 41.7 Å². The Labute approximate surface area is 207 Å². The molecular formula is C24H26N6O2S2. The molecule has 0 aliphatic carbocycles. The van der Waals surface area contributed by atoms with E-state index in [0.29, 0.717) is 22.6 Å². The number of furan rings is 1. The number of hydrogen-bond donors (Lipinski definition) is 1. The Morgan fingerprint density at radius 3 is 2.41 bits per heavy atom. The largest absolute Gasteiger partial charge is 0.467 e. The highest BCUT2D eigenvalue weighted by molar-refractivity contribution is 7.99. The second-order valence-electron chi connectivity index (χ2n) is 7.89. The zero-order chi connectivity index (χ0) is 24.1. The van der Waals surface area contributed by atoms with Gasteiger partial charge in [0.2, 0.25) is 5.91 Å². The summed E-state index contributed by atoms with van der Waals surface area (Å²) in [6.07, 6.45) is 1.64. The summed E-state index contributed by atoms with van der Waals surface area (Å²) in [4.78, 5) is 21.7. The van der Waals surface area contributed by atoms with E-state index in [0.717, 1.165) is 39.8 Å². The number of para-hydroxylation sites is 1. The molecule has 3 aromatic heterocycles. The van der Waals surface area contributed by atoms with Crippen LogP contribution in [0.4, 0.5) is 5.69 Å². The van der Waals surface area contributed by atoms with Crippen molar-refractivity contribution in [3.8, 4) is 0 Å². The minimum Gasteiger partial charge on any atom is -0.467 e. The van der Waals surface area contributed by atoms with Gasteiger partial charge in [-0.15, -0.1) is 10.2 Å². The molecule has 0 unspecified atom stereocenters. The van der Waals surface area contributed by atoms with Crippen LogP contribution in [0, 0.1) is 27.7 Å². The summed E-state index contributed by atoms with van der Waals surface area (Å²) in [6, 6.07) is 11.7. The van der Waals surface area contributed by atoms with Crippen molar-refractivity contribution in [3.05, 3.63) is 76.8 Å². The van der Waals surface area contributed by atoms with Crippen LogP contribution >= 0.6 is 23.5 Å². The van der Waals surface area contributed by atoms with Crippen molar-refractivity contribution in [2.24, 2.45) is 0 Å². The van der Waals surface area contributed by atoms with E-state index in [1.54, 1.807) is 6.26 Å². The molecule has 0 saturated carbocycles. The third-order valence-corrected chi connectivity index (χ3v) is 6.87. The molecule has 1 aromatic carbocycles. The minimum atomic E-state index is -0.0884. The lowest BCUT2D eigenvalue weighted by Gasteiger charge is -2.12. The maximum Gasteiger partial charge on any atom is 0.234 e. The van der Waals surface area contributed by atoms with E-state index in [2.05, 4.69) is 25.5 Å². The Hall–Kier alpha value is -3.11. The van der Waals surface area contributed by atoms with Crippen LogP contribution in [0.1, 0.15) is 34.1 Å². The number of carbonyl (C=O) groups is 1. The van der Waals surface area contributed by atoms with Crippen LogP contribution in [0.5, 0.6) is 0 Å². The Bertz CT molecular complexity index is 1250. The van der Waals surface area contributed by atoms with Gasteiger partial charge in [0.1, 0.15) is 11.6 Å². The van der Waals surface area contributed by atoms with Crippen LogP contribution in [-0.2, 0) is 17.1 Å². The number of nitrogens with zero attached hydrogens (tertiary/aromatic N) is 5. The quantitative estimate of drug-likeness (QED) is 0.257. The number of anilines is 1. The average Bonchev–Trinajstić information content (AvgIpc) is 3.43. The van der Waals surface area contributed by atoms with Crippen molar-refractivity contribution < 1.29 is 9.21 Å². The highest BCUT2D eigenvalue weighted by Crippen LogP contribution is 2.25. The molecule has 10 heteroatoms. The second kappa shape index (κ2) is 10.9. The number of benzene rings is 1. The molecule has 1 amide bonds. The molecule has 0 atom stereocenters. The molecule has 0 aliphatic rings. The molecule has 3 heterocycles. The van der Waals surface area contributed by atoms with E-state index < -0.39 is 0 Å². The summed E-state index contributed by atoms with van der Waals surface area (Å²) in [5.41, 5.74) is 4.78. The van der Waals surface area contributed by atoms with Crippen molar-refractivity contribution >= 4 is 35.1 Å². The molecule has 4 aromatic rings. The second-order valence-corrected chi connectivity index (χ2v) is 9.77. The van der Waals surface area contributed by atoms with Gasteiger partial charge in [-0.05, 0) is 57.0 Å². The number of nitrogens with one attached hydrogen (secondary N) is 1. The maximum atomic E-state index is 12.7. The van der Waals surface area contributed by atoms with Crippen molar-refractivity contribution in [2.75, 3.05) is 11.1 Å². The molecule has 176 valence electrons. The summed E-state index contributed by atoms with van der Waals surface area (Å²) in [5, 5.41) is 13.1. The third kappa shape index (κ3) is 6.06. The highest BCUT2D eigenvalue weighted by Gasteiger charge is 2.17. The number of hydrogen-bond acceptors (Lipinski definition) is 8. The molecule has 0 bridgehead atoms. The molecule has 0 spiro atoms. The lowest BCUT2D eigenvalue weighted by molar-refractivity contribution is -0.113. The van der Waals surface area contributed by atoms with E-state index in [4.69, 9.17) is 4.42 Å². The van der Waals surface area contributed by atoms with E-state index in [-0.39, 0.29) is 11.7 Å². The fraction of sp³-hybridized carbons (Fsp3) is 0.292. The Morgan fingerprint density at radius 1 is 1.00 bits per heavy atom. The summed E-state index contributed by atoms with van der Waals surface area (Å²) in [6.45, 7) is 8.36. The molecule has 4 rings (SSSR count). The summed E-state index contributed by atoms with van der Waals surface area (Å²) >= 11 is 2.86. The third-order valence-electron chi connectivity index (χ3n) is 5.06. The first-order valence-electron chi connectivity index (χ1n) is 10.8. The predicted molar refractivity (Wildman–Crippen MR) is 134 cm³/mol. The summed E-state index contributed by atoms with van der Waals surface area (Å²) in [7, 11) is 0. The van der Waals surface area contributed by atoms with Crippen molar-refractivity contribution in [2.45, 2.75) is 50.3 Å². The van der Waals surface area contributed by atoms with E-state index in [1.807, 2.05) is 68.7 Å². The molecular weight excluding hydrogens is 468 g/mol. The Kier molecular flexibility index (Phi) is 7.69. The van der Waals surface area contributed by atoms with Gasteiger partial charge in [-0.25, -0.2) is 9.97 Å². The van der Waals surface area contributed by atoms with Gasteiger partial charge in [0, 0.05) is 17.1 Å². The Balaban J connectivity index is 1.47. The van der Waals surface area contributed by atoms with Crippen molar-refractivity contribution in [1.82, 2.24) is 24.7 Å². The number of aryl methyl sites for hydroxylation is 4. The van der Waals surface area contributed by atoms with Gasteiger partial charge in [0.25, 0.3) is 0 Å². The molecule has 0 aliphatic heterocycles. The SMILES string of the molecule is Cc1cc(C)nc(SCc2nnc(SCC(=O)Nc3c(C)cccc3C)n2Cc2ccco2)n1. The smallest absolute Gasteiger partial charge is 0.234 e. The van der Waals surface area contributed by atoms with Crippen LogP contribution in [0.2, 0.25) is 0 Å². The fourth-order valence-corrected chi connectivity index (χ4v) is 5.10. The molecule has 8 nitrogen and oxygen atoms in total. The van der Waals surface area contributed by atoms with Gasteiger partial charge in [0.05, 0.1) is 24.3 Å². The van der Waals surface area contributed by atoms with E-state index >= 15 is 0 Å². The fourth-order valence-electron chi connectivity index (χ4n) is 3.45. The molecule has 0 saturated heterocycles. The predicted octanol–water partition coefficient (Wildman–Crippen LogP) is 4.97. The minimum absolute atomic E-state index is 0.0884. The molecule has 0 radical (unpaired) electrons. The van der Waals surface area contributed by atoms with E-state index in [1.165, 1.54) is 23.5 Å². The number of aromatic nitrogens is 5. The van der Waals surface area contributed by atoms with Crippen LogP contribution in [0.3, 0.4) is 0 Å². The number of thioether (sulfide) groups is 2. The lowest BCUT2D eigenvalue weighted by Crippen LogP contribution is -2.16. The van der Waals surface area contributed by atoms with Gasteiger partial charge in [-0.3, -0.25) is 9.36 Å². The topological polar surface area (TPSA) is 98.7 Å². The zero-order valence-corrected chi connectivity index (χ0v) is 21.2. The number of carbonyl (C=O) groups excluding carboxylic acids is 1. The molecule has 0 fully saturated rings. The molecule has 34 heavy (non-hydrogen) atoms. The Morgan fingerprint density at radius 2 is 1.74 bits per heavy atom. The maximum absolute atomic E-state index is 12.7. The van der Waals surface area contributed by atoms with Crippen LogP contribution < -0.4 is 5.32 Å². The number of rotatable bonds is 9. The highest BCUT2D eigenvalue weighted by atomic mass is 32.2. The van der Waals surface area contributed by atoms with E-state index in [9.17, 15) is 4.79 Å². The normalized spacial score (nSPS) is 11.1. The number of amides is 1. The zero-order valence-electron chi connectivity index (χ0n) is 19.5. The summed E-state index contributed by atoms with van der Waals surface area (Å²) < 4.78 is 7.52. The average molecular weight is 495 g/mol. The first kappa shape index (κ1) is 24.0. The standard InChI is InChI=1S/C24H26N6O2S2/c1-15-7-5-8-16(2)22(15)27-21(31)14-34-24-29-28-20(30(24)12-19-9-6-10-32-19)13-33-23-25-17(3)11-18(4)26-23/h5-11H,12-14H2,1-4H3,(H,27,31). The van der Waals surface area contributed by atoms with Crippen molar-refractivity contribution in [3.63, 3.8) is 0 Å². The lowest BCUT2D eigenvalue weighted by atomic mass is 10.1. The molecule has 1 N–H and O–H groups in total. The monoisotopic (exact) mass is 494 g/mol. The first-order valence-corrected chi connectivity index (χ1v) is 12.7.